The van der Waals surface area contributed by atoms with Gasteiger partial charge in [0, 0.05) is 16.3 Å². The molecule has 1 aliphatic rings. The van der Waals surface area contributed by atoms with Gasteiger partial charge in [0.05, 0.1) is 5.56 Å². The summed E-state index contributed by atoms with van der Waals surface area (Å²) in [7, 11) is 3.62. The van der Waals surface area contributed by atoms with Crippen molar-refractivity contribution in [2.45, 2.75) is 50.7 Å². The normalized spacial score (nSPS) is 18.8. The van der Waals surface area contributed by atoms with Gasteiger partial charge in [-0.3, -0.25) is 0 Å². The maximum absolute atomic E-state index is 14.7. The fourth-order valence-electron chi connectivity index (χ4n) is 4.42. The topological polar surface area (TPSA) is 9.23 Å². The molecule has 1 nitrogen and oxygen atoms in total. The Morgan fingerprint density at radius 3 is 2.12 bits per heavy atom. The lowest BCUT2D eigenvalue weighted by Crippen LogP contribution is -2.23. The summed E-state index contributed by atoms with van der Waals surface area (Å²) in [4.78, 5) is 0. The third kappa shape index (κ3) is 5.32. The summed E-state index contributed by atoms with van der Waals surface area (Å²) < 4.78 is 62.2. The van der Waals surface area contributed by atoms with Gasteiger partial charge in [-0.25, -0.2) is 8.78 Å². The zero-order valence-electron chi connectivity index (χ0n) is 18.4. The fourth-order valence-corrected chi connectivity index (χ4v) is 4.83. The standard InChI is InChI=1S/C27H25F4OSi/c1-17-2-12-23(15-25(17)28)32-27(30,31)24-13-11-22(14-26(24)29)21-9-7-20(8-10-21)19-5-3-18(16-33)4-6-19/h2,7-15,18-19H,3-6,16H2,1H3. The monoisotopic (exact) mass is 469 g/mol. The molecule has 0 saturated heterocycles. The lowest BCUT2D eigenvalue weighted by Gasteiger charge is -2.28. The van der Waals surface area contributed by atoms with Crippen LogP contribution in [0.5, 0.6) is 5.75 Å². The maximum atomic E-state index is 14.7. The second-order valence-electron chi connectivity index (χ2n) is 8.77. The van der Waals surface area contributed by atoms with E-state index < -0.39 is 23.3 Å². The van der Waals surface area contributed by atoms with Gasteiger partial charge in [0.15, 0.2) is 0 Å². The number of alkyl halides is 2. The van der Waals surface area contributed by atoms with Gasteiger partial charge in [0.1, 0.15) is 17.4 Å². The van der Waals surface area contributed by atoms with E-state index in [0.29, 0.717) is 17.0 Å². The Morgan fingerprint density at radius 1 is 0.848 bits per heavy atom. The quantitative estimate of drug-likeness (QED) is 0.263. The van der Waals surface area contributed by atoms with Crippen LogP contribution in [0.15, 0.2) is 60.7 Å². The number of hydrogen-bond acceptors (Lipinski definition) is 1. The van der Waals surface area contributed by atoms with Crippen LogP contribution < -0.4 is 4.74 Å². The van der Waals surface area contributed by atoms with Crippen molar-refractivity contribution in [3.8, 4) is 16.9 Å². The van der Waals surface area contributed by atoms with Gasteiger partial charge < -0.3 is 4.74 Å². The van der Waals surface area contributed by atoms with Gasteiger partial charge in [0.2, 0.25) is 0 Å². The fraction of sp³-hybridized carbons (Fsp3) is 0.333. The molecule has 0 atom stereocenters. The molecule has 1 fully saturated rings. The maximum Gasteiger partial charge on any atom is 0.429 e. The average molecular weight is 470 g/mol. The summed E-state index contributed by atoms with van der Waals surface area (Å²) in [6.07, 6.45) is 0.764. The third-order valence-corrected chi connectivity index (χ3v) is 7.10. The molecule has 3 radical (unpaired) electrons. The molecule has 0 amide bonds. The van der Waals surface area contributed by atoms with Gasteiger partial charge in [-0.2, -0.15) is 8.78 Å². The van der Waals surface area contributed by atoms with Crippen molar-refractivity contribution in [1.29, 1.82) is 0 Å². The summed E-state index contributed by atoms with van der Waals surface area (Å²) in [5.74, 6) is -0.853. The molecule has 0 aromatic heterocycles. The van der Waals surface area contributed by atoms with E-state index in [2.05, 4.69) is 15.0 Å². The van der Waals surface area contributed by atoms with Gasteiger partial charge in [0.25, 0.3) is 0 Å². The smallest absolute Gasteiger partial charge is 0.429 e. The summed E-state index contributed by atoms with van der Waals surface area (Å²) in [5.41, 5.74) is 1.92. The minimum absolute atomic E-state index is 0.304. The molecule has 3 aromatic carbocycles. The van der Waals surface area contributed by atoms with Crippen molar-refractivity contribution in [1.82, 2.24) is 0 Å². The van der Waals surface area contributed by atoms with Crippen LogP contribution in [0.1, 0.15) is 48.3 Å². The lowest BCUT2D eigenvalue weighted by atomic mass is 9.79. The number of rotatable bonds is 6. The van der Waals surface area contributed by atoms with Crippen molar-refractivity contribution >= 4 is 10.2 Å². The average Bonchev–Trinajstić information content (AvgIpc) is 2.81. The van der Waals surface area contributed by atoms with E-state index in [1.54, 1.807) is 0 Å². The highest BCUT2D eigenvalue weighted by Crippen LogP contribution is 2.38. The largest absolute Gasteiger partial charge is 0.429 e. The molecule has 4 rings (SSSR count). The van der Waals surface area contributed by atoms with Crippen LogP contribution in [0.4, 0.5) is 17.6 Å². The Morgan fingerprint density at radius 2 is 1.52 bits per heavy atom. The Hall–Kier alpha value is -2.60. The Labute approximate surface area is 195 Å². The molecule has 0 spiro atoms. The Kier molecular flexibility index (Phi) is 6.93. The Balaban J connectivity index is 1.49. The highest BCUT2D eigenvalue weighted by atomic mass is 28.1. The van der Waals surface area contributed by atoms with Crippen molar-refractivity contribution in [3.63, 3.8) is 0 Å². The number of benzene rings is 3. The van der Waals surface area contributed by atoms with Crippen LogP contribution >= 0.6 is 0 Å². The molecule has 0 bridgehead atoms. The van der Waals surface area contributed by atoms with Crippen molar-refractivity contribution in [2.24, 2.45) is 5.92 Å². The summed E-state index contributed by atoms with van der Waals surface area (Å²) in [5, 5.41) is 0. The highest BCUT2D eigenvalue weighted by molar-refractivity contribution is 6.08. The second-order valence-corrected chi connectivity index (χ2v) is 9.18. The van der Waals surface area contributed by atoms with Crippen LogP contribution in [0, 0.1) is 24.5 Å². The number of aryl methyl sites for hydroxylation is 1. The molecule has 171 valence electrons. The second kappa shape index (κ2) is 9.72. The highest BCUT2D eigenvalue weighted by Gasteiger charge is 2.38. The number of hydrogen-bond donors (Lipinski definition) is 0. The van der Waals surface area contributed by atoms with E-state index in [-0.39, 0.29) is 5.75 Å². The zero-order chi connectivity index (χ0) is 23.6. The van der Waals surface area contributed by atoms with E-state index in [0.717, 1.165) is 48.6 Å². The first kappa shape index (κ1) is 23.6. The van der Waals surface area contributed by atoms with Crippen LogP contribution in [0.2, 0.25) is 6.04 Å². The summed E-state index contributed by atoms with van der Waals surface area (Å²) in [6.45, 7) is 1.51. The van der Waals surface area contributed by atoms with Crippen molar-refractivity contribution in [3.05, 3.63) is 89.0 Å². The predicted molar refractivity (Wildman–Crippen MR) is 123 cm³/mol. The molecular weight excluding hydrogens is 444 g/mol. The van der Waals surface area contributed by atoms with Crippen LogP contribution in [-0.4, -0.2) is 10.2 Å². The minimum Gasteiger partial charge on any atom is -0.429 e. The van der Waals surface area contributed by atoms with E-state index in [4.69, 9.17) is 0 Å². The summed E-state index contributed by atoms with van der Waals surface area (Å²) >= 11 is 0. The van der Waals surface area contributed by atoms with E-state index in [1.807, 2.05) is 24.3 Å². The number of ether oxygens (including phenoxy) is 1. The molecule has 33 heavy (non-hydrogen) atoms. The first-order valence-electron chi connectivity index (χ1n) is 11.1. The lowest BCUT2D eigenvalue weighted by molar-refractivity contribution is -0.187. The van der Waals surface area contributed by atoms with Gasteiger partial charge in [-0.15, -0.1) is 0 Å². The molecular formula is C27H25F4OSi. The number of halogens is 4. The molecule has 0 N–H and O–H groups in total. The first-order valence-corrected chi connectivity index (χ1v) is 11.9. The van der Waals surface area contributed by atoms with E-state index >= 15 is 0 Å². The Bertz CT molecular complexity index is 1110. The molecule has 3 aromatic rings. The van der Waals surface area contributed by atoms with Gasteiger partial charge in [-0.05, 0) is 72.1 Å². The molecule has 1 saturated carbocycles. The van der Waals surface area contributed by atoms with E-state index in [9.17, 15) is 17.6 Å². The zero-order valence-corrected chi connectivity index (χ0v) is 19.4. The SMILES string of the molecule is Cc1ccc(OC(F)(F)c2ccc(-c3ccc(C4CCC(C[Si])CC4)cc3)cc2F)cc1F. The summed E-state index contributed by atoms with van der Waals surface area (Å²) in [6, 6.07) is 15.9. The minimum atomic E-state index is -3.94. The molecule has 0 unspecified atom stereocenters. The molecule has 1 aliphatic carbocycles. The first-order chi connectivity index (χ1) is 15.8. The molecule has 6 heteroatoms. The predicted octanol–water partition coefficient (Wildman–Crippen LogP) is 7.93. The van der Waals surface area contributed by atoms with Crippen LogP contribution in [0.25, 0.3) is 11.1 Å². The van der Waals surface area contributed by atoms with Crippen LogP contribution in [0.3, 0.4) is 0 Å². The third-order valence-electron chi connectivity index (χ3n) is 6.52. The molecule has 0 aliphatic heterocycles. The van der Waals surface area contributed by atoms with E-state index in [1.165, 1.54) is 43.5 Å². The van der Waals surface area contributed by atoms with Gasteiger partial charge in [-0.1, -0.05) is 55.3 Å². The van der Waals surface area contributed by atoms with Crippen molar-refractivity contribution < 1.29 is 22.3 Å². The van der Waals surface area contributed by atoms with Gasteiger partial charge >= 0.3 is 6.11 Å². The van der Waals surface area contributed by atoms with Crippen LogP contribution in [-0.2, 0) is 6.11 Å². The molecule has 0 heterocycles. The van der Waals surface area contributed by atoms with Crippen molar-refractivity contribution in [2.75, 3.05) is 0 Å².